The maximum atomic E-state index is 12.8. The van der Waals surface area contributed by atoms with Gasteiger partial charge in [0, 0.05) is 17.7 Å². The molecule has 2 N–H and O–H groups in total. The minimum absolute atomic E-state index is 0.0510. The van der Waals surface area contributed by atoms with Crippen molar-refractivity contribution >= 4 is 17.4 Å². The van der Waals surface area contributed by atoms with Crippen LogP contribution in [0, 0.1) is 5.92 Å². The van der Waals surface area contributed by atoms with E-state index in [0.29, 0.717) is 24.3 Å². The first-order valence-electron chi connectivity index (χ1n) is 10.3. The Kier molecular flexibility index (Phi) is 7.39. The van der Waals surface area contributed by atoms with Crippen LogP contribution < -0.4 is 5.73 Å². The second-order valence-corrected chi connectivity index (χ2v) is 7.30. The van der Waals surface area contributed by atoms with Crippen LogP contribution >= 0.6 is 0 Å². The van der Waals surface area contributed by atoms with E-state index in [9.17, 15) is 9.59 Å². The van der Waals surface area contributed by atoms with E-state index in [1.165, 1.54) is 0 Å². The Bertz CT molecular complexity index is 963. The summed E-state index contributed by atoms with van der Waals surface area (Å²) in [5.74, 6) is -0.806. The van der Waals surface area contributed by atoms with Crippen molar-refractivity contribution in [2.24, 2.45) is 5.92 Å². The van der Waals surface area contributed by atoms with Crippen molar-refractivity contribution in [3.63, 3.8) is 0 Å². The summed E-state index contributed by atoms with van der Waals surface area (Å²) < 4.78 is 5.21. The molecule has 0 spiro atoms. The number of ether oxygens (including phenoxy) is 1. The number of aryl methyl sites for hydroxylation is 1. The molecule has 0 fully saturated rings. The van der Waals surface area contributed by atoms with Gasteiger partial charge in [-0.25, -0.2) is 0 Å². The number of rotatable bonds is 9. The first-order valence-corrected chi connectivity index (χ1v) is 10.3. The average Bonchev–Trinajstić information content (AvgIpc) is 2.78. The SMILES string of the molecule is CCOC(=O)[C@H](CCc1ccccc1)CC(=O)c1ccc(-c2ccc(N)cc2)cc1. The molecule has 0 amide bonds. The number of carbonyl (C=O) groups excluding carboxylic acids is 2. The van der Waals surface area contributed by atoms with Gasteiger partial charge in [0.25, 0.3) is 0 Å². The zero-order valence-electron chi connectivity index (χ0n) is 17.2. The third-order valence-electron chi connectivity index (χ3n) is 5.13. The summed E-state index contributed by atoms with van der Waals surface area (Å²) in [6.07, 6.45) is 1.46. The monoisotopic (exact) mass is 401 g/mol. The molecule has 0 bridgehead atoms. The molecule has 0 aliphatic heterocycles. The fraction of sp³-hybridized carbons (Fsp3) is 0.231. The van der Waals surface area contributed by atoms with E-state index in [2.05, 4.69) is 0 Å². The van der Waals surface area contributed by atoms with Crippen molar-refractivity contribution in [2.75, 3.05) is 12.3 Å². The third kappa shape index (κ3) is 5.80. The van der Waals surface area contributed by atoms with Gasteiger partial charge in [-0.1, -0.05) is 66.7 Å². The van der Waals surface area contributed by atoms with Crippen LogP contribution in [0.5, 0.6) is 0 Å². The minimum Gasteiger partial charge on any atom is -0.466 e. The Morgan fingerprint density at radius 2 is 1.47 bits per heavy atom. The average molecular weight is 402 g/mol. The molecule has 3 rings (SSSR count). The molecular weight excluding hydrogens is 374 g/mol. The lowest BCUT2D eigenvalue weighted by molar-refractivity contribution is -0.148. The Morgan fingerprint density at radius 1 is 0.867 bits per heavy atom. The number of anilines is 1. The molecule has 0 aliphatic carbocycles. The highest BCUT2D eigenvalue weighted by atomic mass is 16.5. The highest BCUT2D eigenvalue weighted by Crippen LogP contribution is 2.23. The van der Waals surface area contributed by atoms with Crippen molar-refractivity contribution in [3.8, 4) is 11.1 Å². The number of hydrogen-bond acceptors (Lipinski definition) is 4. The van der Waals surface area contributed by atoms with Gasteiger partial charge in [-0.15, -0.1) is 0 Å². The molecule has 3 aromatic carbocycles. The molecule has 0 aromatic heterocycles. The number of hydrogen-bond donors (Lipinski definition) is 1. The van der Waals surface area contributed by atoms with Gasteiger partial charge in [0.1, 0.15) is 0 Å². The maximum absolute atomic E-state index is 12.8. The molecule has 1 atom stereocenters. The van der Waals surface area contributed by atoms with Gasteiger partial charge in [-0.3, -0.25) is 9.59 Å². The van der Waals surface area contributed by atoms with Crippen LogP contribution in [0.25, 0.3) is 11.1 Å². The smallest absolute Gasteiger partial charge is 0.309 e. The van der Waals surface area contributed by atoms with Crippen molar-refractivity contribution in [1.29, 1.82) is 0 Å². The molecule has 0 unspecified atom stereocenters. The highest BCUT2D eigenvalue weighted by molar-refractivity contribution is 5.98. The topological polar surface area (TPSA) is 69.4 Å². The van der Waals surface area contributed by atoms with Crippen molar-refractivity contribution in [2.45, 2.75) is 26.2 Å². The van der Waals surface area contributed by atoms with E-state index in [-0.39, 0.29) is 18.2 Å². The lowest BCUT2D eigenvalue weighted by atomic mass is 9.92. The number of nitrogen functional groups attached to an aromatic ring is 1. The summed E-state index contributed by atoms with van der Waals surface area (Å²) in [5, 5.41) is 0. The largest absolute Gasteiger partial charge is 0.466 e. The Hall–Kier alpha value is -3.40. The normalized spacial score (nSPS) is 11.6. The van der Waals surface area contributed by atoms with Gasteiger partial charge in [0.15, 0.2) is 5.78 Å². The quantitative estimate of drug-likeness (QED) is 0.299. The first kappa shape index (κ1) is 21.3. The molecule has 3 aromatic rings. The second-order valence-electron chi connectivity index (χ2n) is 7.30. The Labute approximate surface area is 177 Å². The van der Waals surface area contributed by atoms with Crippen LogP contribution in [0.3, 0.4) is 0 Å². The zero-order valence-corrected chi connectivity index (χ0v) is 17.2. The van der Waals surface area contributed by atoms with Gasteiger partial charge in [-0.05, 0) is 48.6 Å². The van der Waals surface area contributed by atoms with Gasteiger partial charge >= 0.3 is 5.97 Å². The predicted molar refractivity (Wildman–Crippen MR) is 120 cm³/mol. The molecule has 0 aliphatic rings. The van der Waals surface area contributed by atoms with E-state index in [0.717, 1.165) is 23.1 Å². The van der Waals surface area contributed by atoms with Crippen molar-refractivity contribution in [1.82, 2.24) is 0 Å². The fourth-order valence-corrected chi connectivity index (χ4v) is 3.41. The summed E-state index contributed by atoms with van der Waals surface area (Å²) in [4.78, 5) is 25.3. The summed E-state index contributed by atoms with van der Waals surface area (Å²) >= 11 is 0. The number of nitrogens with two attached hydrogens (primary N) is 1. The summed E-state index contributed by atoms with van der Waals surface area (Å²) in [6, 6.07) is 25.0. The summed E-state index contributed by atoms with van der Waals surface area (Å²) in [7, 11) is 0. The lowest BCUT2D eigenvalue weighted by Gasteiger charge is -2.15. The van der Waals surface area contributed by atoms with Crippen LogP contribution in [0.1, 0.15) is 35.7 Å². The number of benzene rings is 3. The minimum atomic E-state index is -0.450. The van der Waals surface area contributed by atoms with Gasteiger partial charge in [-0.2, -0.15) is 0 Å². The molecule has 30 heavy (non-hydrogen) atoms. The van der Waals surface area contributed by atoms with Crippen molar-refractivity contribution < 1.29 is 14.3 Å². The van der Waals surface area contributed by atoms with Crippen LogP contribution in [-0.2, 0) is 16.0 Å². The van der Waals surface area contributed by atoms with E-state index in [1.807, 2.05) is 78.9 Å². The second kappa shape index (κ2) is 10.4. The van der Waals surface area contributed by atoms with E-state index >= 15 is 0 Å². The summed E-state index contributed by atoms with van der Waals surface area (Å²) in [6.45, 7) is 2.09. The number of esters is 1. The molecule has 0 heterocycles. The molecule has 0 saturated heterocycles. The van der Waals surface area contributed by atoms with Crippen molar-refractivity contribution in [3.05, 3.63) is 90.0 Å². The van der Waals surface area contributed by atoms with E-state index < -0.39 is 5.92 Å². The van der Waals surface area contributed by atoms with Gasteiger partial charge in [0.05, 0.1) is 12.5 Å². The molecule has 4 heteroatoms. The van der Waals surface area contributed by atoms with Gasteiger partial charge in [0.2, 0.25) is 0 Å². The fourth-order valence-electron chi connectivity index (χ4n) is 3.41. The highest BCUT2D eigenvalue weighted by Gasteiger charge is 2.23. The zero-order chi connectivity index (χ0) is 21.3. The molecule has 4 nitrogen and oxygen atoms in total. The van der Waals surface area contributed by atoms with E-state index in [1.54, 1.807) is 6.92 Å². The Morgan fingerprint density at radius 3 is 2.07 bits per heavy atom. The molecular formula is C26H27NO3. The van der Waals surface area contributed by atoms with Crippen LogP contribution in [-0.4, -0.2) is 18.4 Å². The number of carbonyl (C=O) groups is 2. The molecule has 154 valence electrons. The molecule has 0 saturated carbocycles. The standard InChI is InChI=1S/C26H27NO3/c1-2-30-26(29)23(9-8-19-6-4-3-5-7-19)18-25(28)22-12-10-20(11-13-22)21-14-16-24(27)17-15-21/h3-7,10-17,23H,2,8-9,18,27H2,1H3/t23-/m1/s1. The third-order valence-corrected chi connectivity index (χ3v) is 5.13. The maximum Gasteiger partial charge on any atom is 0.309 e. The van der Waals surface area contributed by atoms with Crippen LogP contribution in [0.2, 0.25) is 0 Å². The number of ketones is 1. The van der Waals surface area contributed by atoms with Crippen LogP contribution in [0.15, 0.2) is 78.9 Å². The summed E-state index contributed by atoms with van der Waals surface area (Å²) in [5.41, 5.74) is 10.2. The molecule has 0 radical (unpaired) electrons. The first-order chi connectivity index (χ1) is 14.6. The van der Waals surface area contributed by atoms with Crippen LogP contribution in [0.4, 0.5) is 5.69 Å². The van der Waals surface area contributed by atoms with Gasteiger partial charge < -0.3 is 10.5 Å². The van der Waals surface area contributed by atoms with E-state index in [4.69, 9.17) is 10.5 Å². The predicted octanol–water partition coefficient (Wildman–Crippen LogP) is 5.32. The lowest BCUT2D eigenvalue weighted by Crippen LogP contribution is -2.22. The Balaban J connectivity index is 1.67. The number of Topliss-reactive ketones (excluding diaryl/α,β-unsaturated/α-hetero) is 1.